The van der Waals surface area contributed by atoms with Crippen molar-refractivity contribution in [2.75, 3.05) is 31.6 Å². The Bertz CT molecular complexity index is 1050. The number of nitrogens with one attached hydrogen (secondary N) is 1. The van der Waals surface area contributed by atoms with Gasteiger partial charge in [0.05, 0.1) is 6.10 Å². The van der Waals surface area contributed by atoms with Gasteiger partial charge in [0.25, 0.3) is 0 Å². The summed E-state index contributed by atoms with van der Waals surface area (Å²) in [6, 6.07) is 4.09. The van der Waals surface area contributed by atoms with Crippen LogP contribution >= 0.6 is 0 Å². The third kappa shape index (κ3) is 6.23. The number of ether oxygens (including phenoxy) is 1. The summed E-state index contributed by atoms with van der Waals surface area (Å²) < 4.78 is 47.2. The summed E-state index contributed by atoms with van der Waals surface area (Å²) in [5.41, 5.74) is 3.97. The van der Waals surface area contributed by atoms with E-state index in [0.29, 0.717) is 44.4 Å². The highest BCUT2D eigenvalue weighted by atomic mass is 19.4. The maximum Gasteiger partial charge on any atom is 0.422 e. The maximum absolute atomic E-state index is 12.4. The molecule has 4 rings (SSSR count). The Morgan fingerprint density at radius 3 is 2.66 bits per heavy atom. The predicted octanol–water partition coefficient (Wildman–Crippen LogP) is 3.87. The number of carbonyl (C=O) groups excluding carboxylic acids is 1. The molecule has 35 heavy (non-hydrogen) atoms. The Balaban J connectivity index is 1.37. The van der Waals surface area contributed by atoms with E-state index in [1.54, 1.807) is 6.92 Å². The zero-order chi connectivity index (χ0) is 25.3. The Morgan fingerprint density at radius 2 is 2.00 bits per heavy atom. The van der Waals surface area contributed by atoms with Gasteiger partial charge in [-0.2, -0.15) is 13.2 Å². The number of rotatable bonds is 6. The number of nitrogens with zero attached hydrogens (tertiary/aromatic N) is 4. The number of anilines is 2. The molecule has 1 aromatic carbocycles. The average molecular weight is 498 g/mol. The number of amides is 1. The molecule has 9 nitrogen and oxygen atoms in total. The molecule has 0 radical (unpaired) electrons. The SMILES string of the molecule is Cc1cc(CN2CCN(C(=O)OCC(F)(F)F)[C@@H](C)C2)c(C)c(Nc2nnc([C@H]3C[C@@H](O)C3)o2)c1. The second-order valence-electron chi connectivity index (χ2n) is 9.44. The molecule has 1 amide bonds. The van der Waals surface area contributed by atoms with Crippen LogP contribution in [0.25, 0.3) is 0 Å². The summed E-state index contributed by atoms with van der Waals surface area (Å²) in [4.78, 5) is 15.6. The second kappa shape index (κ2) is 10.0. The van der Waals surface area contributed by atoms with E-state index in [1.807, 2.05) is 19.9 Å². The molecule has 2 heterocycles. The first kappa shape index (κ1) is 25.2. The largest absolute Gasteiger partial charge is 0.440 e. The number of benzene rings is 1. The number of piperazine rings is 1. The summed E-state index contributed by atoms with van der Waals surface area (Å²) in [5, 5.41) is 20.9. The zero-order valence-corrected chi connectivity index (χ0v) is 19.9. The van der Waals surface area contributed by atoms with E-state index in [4.69, 9.17) is 4.42 Å². The van der Waals surface area contributed by atoms with Crippen molar-refractivity contribution in [2.24, 2.45) is 0 Å². The van der Waals surface area contributed by atoms with Gasteiger partial charge in [-0.25, -0.2) is 4.79 Å². The number of alkyl halides is 3. The van der Waals surface area contributed by atoms with E-state index < -0.39 is 18.9 Å². The van der Waals surface area contributed by atoms with Crippen LogP contribution in [0.5, 0.6) is 0 Å². The van der Waals surface area contributed by atoms with Crippen LogP contribution < -0.4 is 5.32 Å². The van der Waals surface area contributed by atoms with Crippen molar-refractivity contribution in [1.29, 1.82) is 0 Å². The molecule has 1 aliphatic carbocycles. The van der Waals surface area contributed by atoms with Gasteiger partial charge in [0.1, 0.15) is 0 Å². The van der Waals surface area contributed by atoms with Crippen molar-refractivity contribution >= 4 is 17.8 Å². The van der Waals surface area contributed by atoms with E-state index in [-0.39, 0.29) is 24.6 Å². The Morgan fingerprint density at radius 1 is 1.26 bits per heavy atom. The highest BCUT2D eigenvalue weighted by Crippen LogP contribution is 2.37. The van der Waals surface area contributed by atoms with Gasteiger partial charge in [-0.1, -0.05) is 11.2 Å². The minimum atomic E-state index is -4.54. The van der Waals surface area contributed by atoms with Gasteiger partial charge in [0.2, 0.25) is 5.89 Å². The predicted molar refractivity (Wildman–Crippen MR) is 120 cm³/mol. The first-order valence-electron chi connectivity index (χ1n) is 11.6. The molecule has 1 aliphatic heterocycles. The van der Waals surface area contributed by atoms with Crippen LogP contribution in [-0.4, -0.2) is 75.8 Å². The van der Waals surface area contributed by atoms with E-state index in [1.165, 1.54) is 4.90 Å². The fourth-order valence-corrected chi connectivity index (χ4v) is 4.50. The number of aliphatic hydroxyl groups is 1. The molecule has 0 unspecified atom stereocenters. The molecule has 1 saturated heterocycles. The van der Waals surface area contributed by atoms with Crippen molar-refractivity contribution in [2.45, 2.75) is 64.4 Å². The van der Waals surface area contributed by atoms with E-state index in [0.717, 1.165) is 22.4 Å². The smallest absolute Gasteiger partial charge is 0.422 e. The second-order valence-corrected chi connectivity index (χ2v) is 9.44. The van der Waals surface area contributed by atoms with Gasteiger partial charge in [0.15, 0.2) is 6.61 Å². The minimum Gasteiger partial charge on any atom is -0.440 e. The Kier molecular flexibility index (Phi) is 7.22. The summed E-state index contributed by atoms with van der Waals surface area (Å²) in [6.45, 7) is 6.12. The zero-order valence-electron chi connectivity index (χ0n) is 19.9. The van der Waals surface area contributed by atoms with Crippen LogP contribution in [0.4, 0.5) is 29.7 Å². The lowest BCUT2D eigenvalue weighted by atomic mass is 9.82. The van der Waals surface area contributed by atoms with Gasteiger partial charge in [-0.3, -0.25) is 4.90 Å². The molecule has 2 aromatic rings. The number of carbonyl (C=O) groups is 1. The van der Waals surface area contributed by atoms with Gasteiger partial charge in [-0.15, -0.1) is 5.10 Å². The number of aromatic nitrogens is 2. The topological polar surface area (TPSA) is 104 Å². The number of halogens is 3. The van der Waals surface area contributed by atoms with E-state index >= 15 is 0 Å². The molecule has 192 valence electrons. The molecule has 0 spiro atoms. The Labute approximate surface area is 201 Å². The first-order chi connectivity index (χ1) is 16.5. The van der Waals surface area contributed by atoms with Crippen molar-refractivity contribution in [3.63, 3.8) is 0 Å². The molecule has 1 aromatic heterocycles. The van der Waals surface area contributed by atoms with Crippen LogP contribution in [-0.2, 0) is 11.3 Å². The Hall–Kier alpha value is -2.86. The van der Waals surface area contributed by atoms with Crippen molar-refractivity contribution < 1.29 is 32.2 Å². The molecule has 2 fully saturated rings. The molecule has 2 N–H and O–H groups in total. The highest BCUT2D eigenvalue weighted by Gasteiger charge is 2.34. The molecule has 0 bridgehead atoms. The third-order valence-corrected chi connectivity index (χ3v) is 6.50. The van der Waals surface area contributed by atoms with Crippen molar-refractivity contribution in [3.8, 4) is 0 Å². The number of aryl methyl sites for hydroxylation is 1. The third-order valence-electron chi connectivity index (χ3n) is 6.50. The molecular weight excluding hydrogens is 467 g/mol. The van der Waals surface area contributed by atoms with Crippen LogP contribution in [0.2, 0.25) is 0 Å². The summed E-state index contributed by atoms with van der Waals surface area (Å²) in [5.74, 6) is 0.609. The van der Waals surface area contributed by atoms with Crippen LogP contribution in [0.15, 0.2) is 16.5 Å². The maximum atomic E-state index is 12.4. The number of aliphatic hydroxyl groups excluding tert-OH is 1. The lowest BCUT2D eigenvalue weighted by Gasteiger charge is -2.39. The van der Waals surface area contributed by atoms with Gasteiger partial charge in [0, 0.05) is 43.8 Å². The quantitative estimate of drug-likeness (QED) is 0.620. The standard InChI is InChI=1S/C23H30F3N5O4/c1-13-6-17(11-30-4-5-31(14(2)10-30)22(33)34-12-23(24,25)26)15(3)19(7-13)27-21-29-28-20(35-21)16-8-18(32)9-16/h6-7,14,16,18,32H,4-5,8-12H2,1-3H3,(H,27,29)/t14-,16-,18+/m0/s1. The van der Waals surface area contributed by atoms with Crippen molar-refractivity contribution in [1.82, 2.24) is 20.0 Å². The van der Waals surface area contributed by atoms with E-state index in [9.17, 15) is 23.1 Å². The lowest BCUT2D eigenvalue weighted by molar-refractivity contribution is -0.163. The molecular formula is C23H30F3N5O4. The van der Waals surface area contributed by atoms with Gasteiger partial charge < -0.3 is 24.5 Å². The normalized spacial score (nSPS) is 23.2. The molecule has 1 atom stereocenters. The highest BCUT2D eigenvalue weighted by molar-refractivity contribution is 5.68. The monoisotopic (exact) mass is 497 g/mol. The fourth-order valence-electron chi connectivity index (χ4n) is 4.50. The molecule has 12 heteroatoms. The first-order valence-corrected chi connectivity index (χ1v) is 11.6. The molecule has 2 aliphatic rings. The summed E-state index contributed by atoms with van der Waals surface area (Å²) in [6.07, 6.45) is -4.54. The average Bonchev–Trinajstić information content (AvgIpc) is 3.20. The van der Waals surface area contributed by atoms with Gasteiger partial charge in [-0.05, 0) is 56.4 Å². The van der Waals surface area contributed by atoms with Gasteiger partial charge >= 0.3 is 18.3 Å². The lowest BCUT2D eigenvalue weighted by Crippen LogP contribution is -2.54. The van der Waals surface area contributed by atoms with Crippen molar-refractivity contribution in [3.05, 3.63) is 34.7 Å². The summed E-state index contributed by atoms with van der Waals surface area (Å²) in [7, 11) is 0. The van der Waals surface area contributed by atoms with E-state index in [2.05, 4.69) is 31.2 Å². The summed E-state index contributed by atoms with van der Waals surface area (Å²) >= 11 is 0. The number of hydrogen-bond donors (Lipinski definition) is 2. The number of hydrogen-bond acceptors (Lipinski definition) is 8. The minimum absolute atomic E-state index is 0.0913. The molecule has 1 saturated carbocycles. The van der Waals surface area contributed by atoms with Crippen LogP contribution in [0.1, 0.15) is 48.3 Å². The van der Waals surface area contributed by atoms with Crippen LogP contribution in [0.3, 0.4) is 0 Å². The van der Waals surface area contributed by atoms with Crippen LogP contribution in [0, 0.1) is 13.8 Å². The fraction of sp³-hybridized carbons (Fsp3) is 0.609.